The minimum Gasteiger partial charge on any atom is -0.507 e. The van der Waals surface area contributed by atoms with Crippen molar-refractivity contribution < 1.29 is 9.90 Å². The Morgan fingerprint density at radius 2 is 2.06 bits per heavy atom. The fourth-order valence-electron chi connectivity index (χ4n) is 1.50. The molecule has 0 aliphatic rings. The van der Waals surface area contributed by atoms with Crippen molar-refractivity contribution in [2.45, 2.75) is 32.7 Å². The van der Waals surface area contributed by atoms with Gasteiger partial charge in [-0.2, -0.15) is 0 Å². The van der Waals surface area contributed by atoms with E-state index in [-0.39, 0.29) is 11.5 Å². The quantitative estimate of drug-likeness (QED) is 0.791. The minimum absolute atomic E-state index is 0.111. The van der Waals surface area contributed by atoms with Gasteiger partial charge in [0.05, 0.1) is 5.54 Å². The second kappa shape index (κ2) is 4.92. The van der Waals surface area contributed by atoms with E-state index < -0.39 is 5.54 Å². The van der Waals surface area contributed by atoms with Gasteiger partial charge in [-0.25, -0.2) is 0 Å². The van der Waals surface area contributed by atoms with E-state index in [4.69, 9.17) is 0 Å². The summed E-state index contributed by atoms with van der Waals surface area (Å²) in [6.45, 7) is 5.34. The molecule has 0 saturated heterocycles. The molecule has 3 nitrogen and oxygen atoms in total. The van der Waals surface area contributed by atoms with Crippen LogP contribution < -0.4 is 0 Å². The predicted molar refractivity (Wildman–Crippen MR) is 65.1 cm³/mol. The number of hydrogen-bond donors (Lipinski definition) is 1. The molecule has 0 aliphatic carbocycles. The van der Waals surface area contributed by atoms with E-state index in [1.165, 1.54) is 0 Å². The topological polar surface area (TPSA) is 49.7 Å². The summed E-state index contributed by atoms with van der Waals surface area (Å²) < 4.78 is 0. The average Bonchev–Trinajstić information content (AvgIpc) is 2.14. The molecule has 0 aromatic heterocycles. The highest BCUT2D eigenvalue weighted by atomic mass is 16.3. The van der Waals surface area contributed by atoms with Gasteiger partial charge in [-0.05, 0) is 32.9 Å². The molecule has 1 N–H and O–H groups in total. The standard InChI is InChI=1S/C13H17NO2/c1-10(15)8-13(2,3)14-9-11-6-4-5-7-12(11)16/h4-7,9,16H,8H2,1-3H3. The number of carbonyl (C=O) groups is 1. The van der Waals surface area contributed by atoms with Crippen LogP contribution in [0.5, 0.6) is 5.75 Å². The number of hydrogen-bond acceptors (Lipinski definition) is 3. The van der Waals surface area contributed by atoms with Crippen molar-refractivity contribution in [3.63, 3.8) is 0 Å². The monoisotopic (exact) mass is 219 g/mol. The zero-order chi connectivity index (χ0) is 12.2. The highest BCUT2D eigenvalue weighted by Gasteiger charge is 2.17. The van der Waals surface area contributed by atoms with Gasteiger partial charge in [0.1, 0.15) is 11.5 Å². The third-order valence-electron chi connectivity index (χ3n) is 2.17. The van der Waals surface area contributed by atoms with Gasteiger partial charge in [0.15, 0.2) is 0 Å². The van der Waals surface area contributed by atoms with Gasteiger partial charge in [-0.3, -0.25) is 9.79 Å². The van der Waals surface area contributed by atoms with E-state index in [2.05, 4.69) is 4.99 Å². The molecule has 86 valence electrons. The molecule has 0 unspecified atom stereocenters. The number of Topliss-reactive ketones (excluding diaryl/α,β-unsaturated/α-hetero) is 1. The zero-order valence-electron chi connectivity index (χ0n) is 9.90. The molecule has 3 heteroatoms. The number of ketones is 1. The number of benzene rings is 1. The van der Waals surface area contributed by atoms with Crippen molar-refractivity contribution in [1.82, 2.24) is 0 Å². The Labute approximate surface area is 95.8 Å². The summed E-state index contributed by atoms with van der Waals surface area (Å²) in [6.07, 6.45) is 2.01. The van der Waals surface area contributed by atoms with Crippen molar-refractivity contribution in [1.29, 1.82) is 0 Å². The largest absolute Gasteiger partial charge is 0.507 e. The summed E-state index contributed by atoms with van der Waals surface area (Å²) >= 11 is 0. The molecule has 0 fully saturated rings. The third kappa shape index (κ3) is 3.85. The maximum atomic E-state index is 11.0. The second-order valence-corrected chi connectivity index (χ2v) is 4.51. The lowest BCUT2D eigenvalue weighted by molar-refractivity contribution is -0.117. The third-order valence-corrected chi connectivity index (χ3v) is 2.17. The van der Waals surface area contributed by atoms with Crippen LogP contribution in [0.15, 0.2) is 29.3 Å². The Balaban J connectivity index is 2.80. The van der Waals surface area contributed by atoms with Crippen LogP contribution in [-0.2, 0) is 4.79 Å². The van der Waals surface area contributed by atoms with E-state index in [1.54, 1.807) is 31.3 Å². The van der Waals surface area contributed by atoms with E-state index >= 15 is 0 Å². The number of phenols is 1. The van der Waals surface area contributed by atoms with Gasteiger partial charge in [0.2, 0.25) is 0 Å². The second-order valence-electron chi connectivity index (χ2n) is 4.51. The number of aromatic hydroxyl groups is 1. The number of phenolic OH excluding ortho intramolecular Hbond substituents is 1. The molecule has 0 atom stereocenters. The number of carbonyl (C=O) groups excluding carboxylic acids is 1. The molecule has 0 spiro atoms. The summed E-state index contributed by atoms with van der Waals surface area (Å²) in [4.78, 5) is 15.3. The first-order valence-corrected chi connectivity index (χ1v) is 5.23. The maximum absolute atomic E-state index is 11.0. The van der Waals surface area contributed by atoms with E-state index in [1.807, 2.05) is 19.9 Å². The van der Waals surface area contributed by atoms with Crippen LogP contribution >= 0.6 is 0 Å². The Hall–Kier alpha value is -1.64. The Bertz CT molecular complexity index is 408. The lowest BCUT2D eigenvalue weighted by Gasteiger charge is -2.17. The number of aliphatic imine (C=N–C) groups is 1. The van der Waals surface area contributed by atoms with Crippen molar-refractivity contribution in [3.05, 3.63) is 29.8 Å². The van der Waals surface area contributed by atoms with Gasteiger partial charge in [0.25, 0.3) is 0 Å². The summed E-state index contributed by atoms with van der Waals surface area (Å²) in [6, 6.07) is 6.98. The molecule has 0 heterocycles. The Kier molecular flexibility index (Phi) is 3.82. The molecule has 1 rings (SSSR count). The number of nitrogens with zero attached hydrogens (tertiary/aromatic N) is 1. The predicted octanol–water partition coefficient (Wildman–Crippen LogP) is 2.57. The van der Waals surface area contributed by atoms with Crippen molar-refractivity contribution in [2.24, 2.45) is 4.99 Å². The highest BCUT2D eigenvalue weighted by Crippen LogP contribution is 2.17. The van der Waals surface area contributed by atoms with Crippen molar-refractivity contribution in [2.75, 3.05) is 0 Å². The summed E-state index contributed by atoms with van der Waals surface area (Å²) in [7, 11) is 0. The normalized spacial score (nSPS) is 11.9. The fourth-order valence-corrected chi connectivity index (χ4v) is 1.50. The SMILES string of the molecule is CC(=O)CC(C)(C)N=Cc1ccccc1O. The van der Waals surface area contributed by atoms with Crippen LogP contribution in [0.25, 0.3) is 0 Å². The minimum atomic E-state index is -0.423. The molecule has 0 aliphatic heterocycles. The molecule has 0 bridgehead atoms. The van der Waals surface area contributed by atoms with Gasteiger partial charge >= 0.3 is 0 Å². The molecular weight excluding hydrogens is 202 g/mol. The van der Waals surface area contributed by atoms with Gasteiger partial charge in [0, 0.05) is 18.2 Å². The molecular formula is C13H17NO2. The van der Waals surface area contributed by atoms with E-state index in [0.717, 1.165) is 0 Å². The maximum Gasteiger partial charge on any atom is 0.132 e. The Morgan fingerprint density at radius 1 is 1.44 bits per heavy atom. The lowest BCUT2D eigenvalue weighted by Crippen LogP contribution is -2.20. The van der Waals surface area contributed by atoms with Crippen LogP contribution in [0.3, 0.4) is 0 Å². The van der Waals surface area contributed by atoms with Gasteiger partial charge in [-0.1, -0.05) is 12.1 Å². The summed E-state index contributed by atoms with van der Waals surface area (Å²) in [5.74, 6) is 0.310. The first-order chi connectivity index (χ1) is 7.41. The number of rotatable bonds is 4. The average molecular weight is 219 g/mol. The van der Waals surface area contributed by atoms with Crippen LogP contribution in [0.4, 0.5) is 0 Å². The number of para-hydroxylation sites is 1. The molecule has 0 saturated carbocycles. The van der Waals surface area contributed by atoms with E-state index in [0.29, 0.717) is 12.0 Å². The van der Waals surface area contributed by atoms with Crippen LogP contribution in [-0.4, -0.2) is 22.6 Å². The van der Waals surface area contributed by atoms with Crippen LogP contribution in [0.2, 0.25) is 0 Å². The lowest BCUT2D eigenvalue weighted by atomic mass is 9.99. The Morgan fingerprint density at radius 3 is 2.62 bits per heavy atom. The van der Waals surface area contributed by atoms with Gasteiger partial charge in [-0.15, -0.1) is 0 Å². The summed E-state index contributed by atoms with van der Waals surface area (Å²) in [5, 5.41) is 9.53. The molecule has 0 amide bonds. The zero-order valence-corrected chi connectivity index (χ0v) is 9.90. The molecule has 16 heavy (non-hydrogen) atoms. The molecule has 1 aromatic carbocycles. The van der Waals surface area contributed by atoms with Crippen molar-refractivity contribution >= 4 is 12.0 Å². The smallest absolute Gasteiger partial charge is 0.132 e. The highest BCUT2D eigenvalue weighted by molar-refractivity contribution is 5.84. The first-order valence-electron chi connectivity index (χ1n) is 5.23. The van der Waals surface area contributed by atoms with E-state index in [9.17, 15) is 9.90 Å². The first kappa shape index (κ1) is 12.4. The van der Waals surface area contributed by atoms with Crippen LogP contribution in [0.1, 0.15) is 32.8 Å². The molecule has 0 radical (unpaired) electrons. The van der Waals surface area contributed by atoms with Crippen LogP contribution in [0, 0.1) is 0 Å². The van der Waals surface area contributed by atoms with Crippen molar-refractivity contribution in [3.8, 4) is 5.75 Å². The van der Waals surface area contributed by atoms with Gasteiger partial charge < -0.3 is 5.11 Å². The summed E-state index contributed by atoms with van der Waals surface area (Å²) in [5.41, 5.74) is 0.243. The fraction of sp³-hybridized carbons (Fsp3) is 0.385. The molecule has 1 aromatic rings.